The standard InChI is InChI=1S/C17H24N3O12P3/c1-9-4-12(7-29-34(25,26)32-35(27,28)31-33(22,23)24)30-16(9)11-5-10-2-3-14(21)20-17-15(10)13(6-11)18-8-19-17/h5,8-9,11-12,16H,2-4,6-7H2,1H3,(H,25,26)(H,27,28)(H2,22,23,24)(H,18,19,20,21)/t9-,11?,12-,16?/m0/s1. The number of phosphoric ester groups is 1. The number of amides is 1. The van der Waals surface area contributed by atoms with E-state index in [1.165, 1.54) is 6.33 Å². The van der Waals surface area contributed by atoms with Crippen molar-refractivity contribution in [1.29, 1.82) is 0 Å². The van der Waals surface area contributed by atoms with Crippen molar-refractivity contribution in [3.63, 3.8) is 0 Å². The normalized spacial score (nSPS) is 29.9. The molecule has 1 amide bonds. The van der Waals surface area contributed by atoms with E-state index in [1.54, 1.807) is 0 Å². The predicted molar refractivity (Wildman–Crippen MR) is 117 cm³/mol. The Hall–Kier alpha value is -1.34. The molecule has 1 fully saturated rings. The molecule has 0 spiro atoms. The van der Waals surface area contributed by atoms with Crippen molar-refractivity contribution in [1.82, 2.24) is 9.97 Å². The largest absolute Gasteiger partial charge is 0.490 e. The van der Waals surface area contributed by atoms with Crippen LogP contribution in [0.3, 0.4) is 0 Å². The number of aromatic nitrogens is 2. The highest BCUT2D eigenvalue weighted by atomic mass is 31.3. The third kappa shape index (κ3) is 6.71. The Bertz CT molecular complexity index is 1190. The summed E-state index contributed by atoms with van der Waals surface area (Å²) in [5.74, 6) is 0.255. The van der Waals surface area contributed by atoms with Gasteiger partial charge in [0.25, 0.3) is 0 Å². The maximum atomic E-state index is 12.0. The number of carbonyl (C=O) groups is 1. The summed E-state index contributed by atoms with van der Waals surface area (Å²) in [6, 6.07) is 0. The molecule has 15 nitrogen and oxygen atoms in total. The quantitative estimate of drug-likeness (QED) is 0.289. The number of carbonyl (C=O) groups excluding carboxylic acids is 1. The summed E-state index contributed by atoms with van der Waals surface area (Å²) in [6.45, 7) is 1.45. The van der Waals surface area contributed by atoms with Crippen molar-refractivity contribution in [2.45, 2.75) is 44.8 Å². The molecule has 6 atom stereocenters. The number of rotatable bonds is 8. The van der Waals surface area contributed by atoms with Gasteiger partial charge in [-0.3, -0.25) is 9.32 Å². The van der Waals surface area contributed by atoms with Crippen LogP contribution in [0.1, 0.15) is 37.4 Å². The Morgan fingerprint density at radius 2 is 1.86 bits per heavy atom. The number of anilines is 1. The SMILES string of the molecule is C[C@H]1C[C@@H](COP(=O)(O)OP(=O)(O)OP(=O)(O)O)OC1C1C=C2CCC(=O)Nc3ncnc(c32)C1. The molecule has 1 aromatic rings. The highest BCUT2D eigenvalue weighted by molar-refractivity contribution is 7.66. The van der Waals surface area contributed by atoms with Crippen LogP contribution in [0.5, 0.6) is 0 Å². The molecule has 0 saturated carbocycles. The second-order valence-electron chi connectivity index (χ2n) is 8.47. The minimum atomic E-state index is -5.58. The van der Waals surface area contributed by atoms with E-state index in [4.69, 9.17) is 19.0 Å². The highest BCUT2D eigenvalue weighted by Gasteiger charge is 2.43. The number of ether oxygens (including phenoxy) is 1. The Balaban J connectivity index is 1.40. The van der Waals surface area contributed by atoms with Crippen LogP contribution in [0, 0.1) is 11.8 Å². The Kier molecular flexibility index (Phi) is 7.52. The lowest BCUT2D eigenvalue weighted by Crippen LogP contribution is -2.29. The summed E-state index contributed by atoms with van der Waals surface area (Å²) in [6.07, 6.45) is 4.24. The van der Waals surface area contributed by atoms with E-state index in [0.717, 1.165) is 16.8 Å². The van der Waals surface area contributed by atoms with Gasteiger partial charge in [0.2, 0.25) is 5.91 Å². The third-order valence-corrected chi connectivity index (χ3v) is 9.58. The summed E-state index contributed by atoms with van der Waals surface area (Å²) in [5, 5.41) is 2.79. The molecule has 0 aromatic carbocycles. The molecule has 35 heavy (non-hydrogen) atoms. The second-order valence-corrected chi connectivity index (χ2v) is 12.9. The molecule has 1 saturated heterocycles. The van der Waals surface area contributed by atoms with Crippen molar-refractivity contribution in [3.8, 4) is 0 Å². The summed E-state index contributed by atoms with van der Waals surface area (Å²) in [4.78, 5) is 56.7. The van der Waals surface area contributed by atoms with Crippen LogP contribution < -0.4 is 5.32 Å². The molecule has 1 aliphatic carbocycles. The van der Waals surface area contributed by atoms with Gasteiger partial charge < -0.3 is 29.6 Å². The van der Waals surface area contributed by atoms with Gasteiger partial charge >= 0.3 is 23.5 Å². The number of hydrogen-bond donors (Lipinski definition) is 5. The van der Waals surface area contributed by atoms with E-state index in [1.807, 2.05) is 13.0 Å². The van der Waals surface area contributed by atoms with Crippen molar-refractivity contribution in [2.24, 2.45) is 11.8 Å². The van der Waals surface area contributed by atoms with Gasteiger partial charge in [-0.2, -0.15) is 8.62 Å². The van der Waals surface area contributed by atoms with Crippen LogP contribution in [-0.2, 0) is 42.8 Å². The molecule has 5 N–H and O–H groups in total. The molecule has 4 rings (SSSR count). The highest BCUT2D eigenvalue weighted by Crippen LogP contribution is 2.66. The molecule has 18 heteroatoms. The molecule has 1 aromatic heterocycles. The zero-order chi connectivity index (χ0) is 25.6. The van der Waals surface area contributed by atoms with Crippen molar-refractivity contribution >= 4 is 40.8 Å². The molecular weight excluding hydrogens is 531 g/mol. The maximum absolute atomic E-state index is 12.0. The van der Waals surface area contributed by atoms with Crippen LogP contribution in [-0.4, -0.2) is 54.3 Å². The van der Waals surface area contributed by atoms with Crippen molar-refractivity contribution < 1.29 is 55.9 Å². The van der Waals surface area contributed by atoms with E-state index in [9.17, 15) is 28.3 Å². The lowest BCUT2D eigenvalue weighted by Gasteiger charge is -2.29. The van der Waals surface area contributed by atoms with E-state index in [-0.39, 0.29) is 23.8 Å². The molecule has 3 aliphatic rings. The number of nitrogens with one attached hydrogen (secondary N) is 1. The topological polar surface area (TPSA) is 224 Å². The molecule has 194 valence electrons. The molecule has 3 heterocycles. The summed E-state index contributed by atoms with van der Waals surface area (Å²) in [7, 11) is -16.3. The number of hydrogen-bond acceptors (Lipinski definition) is 10. The second kappa shape index (κ2) is 9.85. The maximum Gasteiger partial charge on any atom is 0.490 e. The lowest BCUT2D eigenvalue weighted by molar-refractivity contribution is -0.116. The van der Waals surface area contributed by atoms with Crippen LogP contribution >= 0.6 is 23.5 Å². The van der Waals surface area contributed by atoms with Gasteiger partial charge in [-0.15, -0.1) is 0 Å². The van der Waals surface area contributed by atoms with E-state index in [0.29, 0.717) is 31.5 Å². The van der Waals surface area contributed by atoms with E-state index in [2.05, 4.69) is 23.9 Å². The van der Waals surface area contributed by atoms with E-state index < -0.39 is 36.2 Å². The smallest absolute Gasteiger partial charge is 0.372 e. The van der Waals surface area contributed by atoms with Crippen LogP contribution in [0.15, 0.2) is 12.4 Å². The fourth-order valence-electron chi connectivity index (χ4n) is 4.57. The zero-order valence-electron chi connectivity index (χ0n) is 18.3. The number of phosphoric acid groups is 3. The first kappa shape index (κ1) is 26.7. The minimum Gasteiger partial charge on any atom is -0.372 e. The monoisotopic (exact) mass is 555 g/mol. The fraction of sp³-hybridized carbons (Fsp3) is 0.588. The Morgan fingerprint density at radius 3 is 2.57 bits per heavy atom. The first-order chi connectivity index (χ1) is 16.2. The molecule has 0 radical (unpaired) electrons. The summed E-state index contributed by atoms with van der Waals surface area (Å²) in [5.41, 5.74) is 2.55. The Morgan fingerprint density at radius 1 is 1.11 bits per heavy atom. The summed E-state index contributed by atoms with van der Waals surface area (Å²) >= 11 is 0. The van der Waals surface area contributed by atoms with Crippen LogP contribution in [0.25, 0.3) is 5.57 Å². The fourth-order valence-corrected chi connectivity index (χ4v) is 7.62. The number of allylic oxidation sites excluding steroid dienone is 1. The van der Waals surface area contributed by atoms with E-state index >= 15 is 0 Å². The van der Waals surface area contributed by atoms with Crippen LogP contribution in [0.4, 0.5) is 5.82 Å². The molecule has 4 unspecified atom stereocenters. The van der Waals surface area contributed by atoms with Crippen molar-refractivity contribution in [2.75, 3.05) is 11.9 Å². The van der Waals surface area contributed by atoms with Gasteiger partial charge in [0.05, 0.1) is 24.5 Å². The number of nitrogens with zero attached hydrogens (tertiary/aromatic N) is 2. The van der Waals surface area contributed by atoms with Gasteiger partial charge in [-0.25, -0.2) is 23.7 Å². The van der Waals surface area contributed by atoms with Gasteiger partial charge in [0.15, 0.2) is 0 Å². The lowest BCUT2D eigenvalue weighted by atomic mass is 9.80. The average Bonchev–Trinajstić information content (AvgIpc) is 3.00. The van der Waals surface area contributed by atoms with Crippen LogP contribution in [0.2, 0.25) is 0 Å². The van der Waals surface area contributed by atoms with Gasteiger partial charge in [0.1, 0.15) is 12.1 Å². The zero-order valence-corrected chi connectivity index (χ0v) is 21.0. The first-order valence-electron chi connectivity index (χ1n) is 10.5. The van der Waals surface area contributed by atoms with Gasteiger partial charge in [-0.05, 0) is 30.8 Å². The molecule has 2 aliphatic heterocycles. The molecule has 0 bridgehead atoms. The summed E-state index contributed by atoms with van der Waals surface area (Å²) < 4.78 is 52.4. The van der Waals surface area contributed by atoms with Gasteiger partial charge in [0, 0.05) is 17.9 Å². The average molecular weight is 555 g/mol. The predicted octanol–water partition coefficient (Wildman–Crippen LogP) is 1.90. The van der Waals surface area contributed by atoms with Gasteiger partial charge in [-0.1, -0.05) is 13.0 Å². The third-order valence-electron chi connectivity index (χ3n) is 5.78. The molecular formula is C17H24N3O12P3. The first-order valence-corrected chi connectivity index (χ1v) is 15.0. The van der Waals surface area contributed by atoms with Crippen molar-refractivity contribution in [3.05, 3.63) is 23.7 Å². The Labute approximate surface area is 199 Å². The minimum absolute atomic E-state index is 0.000212.